The fourth-order valence-electron chi connectivity index (χ4n) is 2.28. The van der Waals surface area contributed by atoms with Crippen LogP contribution >= 0.6 is 15.9 Å². The number of aryl methyl sites for hydroxylation is 1. The number of hydrogen-bond acceptors (Lipinski definition) is 3. The molecule has 0 bridgehead atoms. The number of benzene rings is 1. The third-order valence-electron chi connectivity index (χ3n) is 3.45. The van der Waals surface area contributed by atoms with Crippen LogP contribution in [-0.2, 0) is 4.74 Å². The lowest BCUT2D eigenvalue weighted by atomic mass is 10.1. The van der Waals surface area contributed by atoms with Crippen molar-refractivity contribution in [3.8, 4) is 0 Å². The Hall–Kier alpha value is -1.56. The molecule has 0 aromatic heterocycles. The molecular weight excluding hydrogens is 336 g/mol. The van der Waals surface area contributed by atoms with E-state index in [1.807, 2.05) is 25.1 Å². The van der Waals surface area contributed by atoms with Crippen molar-refractivity contribution in [2.24, 2.45) is 0 Å². The number of hydrogen-bond donors (Lipinski definition) is 0. The molecular formula is C15H19BrN2O3. The Labute approximate surface area is 133 Å². The van der Waals surface area contributed by atoms with Crippen LogP contribution in [-0.4, -0.2) is 54.6 Å². The van der Waals surface area contributed by atoms with E-state index in [9.17, 15) is 9.59 Å². The first kappa shape index (κ1) is 15.8. The molecule has 1 saturated heterocycles. The maximum Gasteiger partial charge on any atom is 0.409 e. The van der Waals surface area contributed by atoms with Crippen molar-refractivity contribution in [2.45, 2.75) is 13.8 Å². The quantitative estimate of drug-likeness (QED) is 0.820. The Morgan fingerprint density at radius 3 is 2.43 bits per heavy atom. The molecule has 2 rings (SSSR count). The van der Waals surface area contributed by atoms with E-state index in [0.717, 1.165) is 10.0 Å². The first-order valence-electron chi connectivity index (χ1n) is 7.00. The summed E-state index contributed by atoms with van der Waals surface area (Å²) in [5.74, 6) is -0.00548. The monoisotopic (exact) mass is 354 g/mol. The van der Waals surface area contributed by atoms with Gasteiger partial charge in [0, 0.05) is 30.7 Å². The van der Waals surface area contributed by atoms with Crippen molar-refractivity contribution >= 4 is 27.9 Å². The summed E-state index contributed by atoms with van der Waals surface area (Å²) in [7, 11) is 0. The topological polar surface area (TPSA) is 49.9 Å². The van der Waals surface area contributed by atoms with Gasteiger partial charge in [-0.2, -0.15) is 0 Å². The van der Waals surface area contributed by atoms with Crippen molar-refractivity contribution in [1.82, 2.24) is 9.80 Å². The summed E-state index contributed by atoms with van der Waals surface area (Å²) in [6, 6.07) is 5.72. The fourth-order valence-corrected chi connectivity index (χ4v) is 2.70. The lowest BCUT2D eigenvalue weighted by Gasteiger charge is -2.34. The molecule has 0 saturated carbocycles. The van der Waals surface area contributed by atoms with E-state index in [0.29, 0.717) is 38.3 Å². The molecule has 1 fully saturated rings. The maximum atomic E-state index is 12.5. The van der Waals surface area contributed by atoms with Crippen molar-refractivity contribution in [3.05, 3.63) is 33.8 Å². The standard InChI is InChI=1S/C15H19BrN2O3/c1-3-21-15(20)18-8-6-17(7-9-18)14(19)12-10-11(2)4-5-13(12)16/h4-5,10H,3,6-9H2,1-2H3. The first-order chi connectivity index (χ1) is 10.0. The molecule has 1 aromatic rings. The number of piperazine rings is 1. The molecule has 0 N–H and O–H groups in total. The van der Waals surface area contributed by atoms with Gasteiger partial charge in [0.1, 0.15) is 0 Å². The number of carbonyl (C=O) groups excluding carboxylic acids is 2. The van der Waals surface area contributed by atoms with Crippen molar-refractivity contribution < 1.29 is 14.3 Å². The van der Waals surface area contributed by atoms with Crippen LogP contribution in [0.15, 0.2) is 22.7 Å². The summed E-state index contributed by atoms with van der Waals surface area (Å²) in [5.41, 5.74) is 1.71. The van der Waals surface area contributed by atoms with Gasteiger partial charge in [0.2, 0.25) is 0 Å². The van der Waals surface area contributed by atoms with Crippen LogP contribution in [0.2, 0.25) is 0 Å². The second-order valence-corrected chi connectivity index (χ2v) is 5.82. The number of amides is 2. The van der Waals surface area contributed by atoms with E-state index in [-0.39, 0.29) is 12.0 Å². The number of nitrogens with zero attached hydrogens (tertiary/aromatic N) is 2. The number of halogens is 1. The highest BCUT2D eigenvalue weighted by Gasteiger charge is 2.26. The lowest BCUT2D eigenvalue weighted by molar-refractivity contribution is 0.0569. The van der Waals surface area contributed by atoms with Crippen LogP contribution in [0.4, 0.5) is 4.79 Å². The highest BCUT2D eigenvalue weighted by atomic mass is 79.9. The van der Waals surface area contributed by atoms with Gasteiger partial charge in [-0.3, -0.25) is 4.79 Å². The summed E-state index contributed by atoms with van der Waals surface area (Å²) < 4.78 is 5.77. The molecule has 0 radical (unpaired) electrons. The first-order valence-corrected chi connectivity index (χ1v) is 7.79. The molecule has 1 heterocycles. The van der Waals surface area contributed by atoms with Crippen LogP contribution in [0.1, 0.15) is 22.8 Å². The van der Waals surface area contributed by atoms with E-state index in [1.165, 1.54) is 0 Å². The van der Waals surface area contributed by atoms with Gasteiger partial charge in [0.25, 0.3) is 5.91 Å². The average Bonchev–Trinajstić information content (AvgIpc) is 2.49. The average molecular weight is 355 g/mol. The van der Waals surface area contributed by atoms with E-state index < -0.39 is 0 Å². The van der Waals surface area contributed by atoms with Gasteiger partial charge in [-0.1, -0.05) is 11.6 Å². The molecule has 114 valence electrons. The van der Waals surface area contributed by atoms with Crippen molar-refractivity contribution in [3.63, 3.8) is 0 Å². The van der Waals surface area contributed by atoms with Crippen LogP contribution in [0, 0.1) is 6.92 Å². The lowest BCUT2D eigenvalue weighted by Crippen LogP contribution is -2.50. The largest absolute Gasteiger partial charge is 0.450 e. The SMILES string of the molecule is CCOC(=O)N1CCN(C(=O)c2cc(C)ccc2Br)CC1. The molecule has 6 heteroatoms. The second kappa shape index (κ2) is 6.93. The highest BCUT2D eigenvalue weighted by Crippen LogP contribution is 2.20. The van der Waals surface area contributed by atoms with Gasteiger partial charge >= 0.3 is 6.09 Å². The van der Waals surface area contributed by atoms with Crippen molar-refractivity contribution in [1.29, 1.82) is 0 Å². The van der Waals surface area contributed by atoms with E-state index in [4.69, 9.17) is 4.74 Å². The van der Waals surface area contributed by atoms with Crippen LogP contribution in [0.25, 0.3) is 0 Å². The van der Waals surface area contributed by atoms with Gasteiger partial charge in [0.15, 0.2) is 0 Å². The van der Waals surface area contributed by atoms with Gasteiger partial charge in [-0.15, -0.1) is 0 Å². The fraction of sp³-hybridized carbons (Fsp3) is 0.467. The number of carbonyl (C=O) groups is 2. The van der Waals surface area contributed by atoms with Crippen LogP contribution < -0.4 is 0 Å². The molecule has 0 aliphatic carbocycles. The Kier molecular flexibility index (Phi) is 5.22. The molecule has 2 amide bonds. The summed E-state index contributed by atoms with van der Waals surface area (Å²) >= 11 is 3.42. The minimum atomic E-state index is -0.304. The molecule has 0 spiro atoms. The summed E-state index contributed by atoms with van der Waals surface area (Å²) in [4.78, 5) is 27.6. The van der Waals surface area contributed by atoms with E-state index >= 15 is 0 Å². The smallest absolute Gasteiger partial charge is 0.409 e. The Balaban J connectivity index is 2.00. The molecule has 21 heavy (non-hydrogen) atoms. The zero-order valence-electron chi connectivity index (χ0n) is 12.3. The predicted octanol–water partition coefficient (Wildman–Crippen LogP) is 2.67. The number of ether oxygens (including phenoxy) is 1. The zero-order valence-corrected chi connectivity index (χ0v) is 13.9. The molecule has 0 atom stereocenters. The molecule has 1 aliphatic heterocycles. The maximum absolute atomic E-state index is 12.5. The predicted molar refractivity (Wildman–Crippen MR) is 83.4 cm³/mol. The summed E-state index contributed by atoms with van der Waals surface area (Å²) in [6.45, 7) is 6.18. The van der Waals surface area contributed by atoms with Gasteiger partial charge in [-0.25, -0.2) is 4.79 Å². The van der Waals surface area contributed by atoms with E-state index in [2.05, 4.69) is 15.9 Å². The highest BCUT2D eigenvalue weighted by molar-refractivity contribution is 9.10. The third-order valence-corrected chi connectivity index (χ3v) is 4.14. The van der Waals surface area contributed by atoms with Crippen molar-refractivity contribution in [2.75, 3.05) is 32.8 Å². The minimum absolute atomic E-state index is 0.00548. The Morgan fingerprint density at radius 2 is 1.81 bits per heavy atom. The minimum Gasteiger partial charge on any atom is -0.450 e. The summed E-state index contributed by atoms with van der Waals surface area (Å²) in [6.07, 6.45) is -0.304. The van der Waals surface area contributed by atoms with Crippen LogP contribution in [0.3, 0.4) is 0 Å². The van der Waals surface area contributed by atoms with E-state index in [1.54, 1.807) is 16.7 Å². The third kappa shape index (κ3) is 3.75. The second-order valence-electron chi connectivity index (χ2n) is 4.96. The Bertz CT molecular complexity index is 540. The zero-order chi connectivity index (χ0) is 15.4. The molecule has 1 aliphatic rings. The van der Waals surface area contributed by atoms with Gasteiger partial charge < -0.3 is 14.5 Å². The summed E-state index contributed by atoms with van der Waals surface area (Å²) in [5, 5.41) is 0. The molecule has 0 unspecified atom stereocenters. The van der Waals surface area contributed by atoms with Crippen LogP contribution in [0.5, 0.6) is 0 Å². The van der Waals surface area contributed by atoms with Gasteiger partial charge in [-0.05, 0) is 41.9 Å². The van der Waals surface area contributed by atoms with Gasteiger partial charge in [0.05, 0.1) is 12.2 Å². The Morgan fingerprint density at radius 1 is 1.19 bits per heavy atom. The molecule has 1 aromatic carbocycles. The normalized spacial score (nSPS) is 15.0. The molecule has 5 nitrogen and oxygen atoms in total. The number of rotatable bonds is 2.